The van der Waals surface area contributed by atoms with Crippen LogP contribution in [0.1, 0.15) is 31.0 Å². The van der Waals surface area contributed by atoms with Crippen LogP contribution in [0.3, 0.4) is 0 Å². The molecule has 2 unspecified atom stereocenters. The van der Waals surface area contributed by atoms with Crippen LogP contribution in [0.4, 0.5) is 0 Å². The Bertz CT molecular complexity index is 354. The Morgan fingerprint density at radius 2 is 2.21 bits per heavy atom. The van der Waals surface area contributed by atoms with Crippen molar-refractivity contribution < 1.29 is 5.11 Å². The van der Waals surface area contributed by atoms with Crippen molar-refractivity contribution in [2.45, 2.75) is 26.7 Å². The lowest BCUT2D eigenvalue weighted by Crippen LogP contribution is -1.93. The molecule has 1 fully saturated rings. The van der Waals surface area contributed by atoms with Gasteiger partial charge in [-0.1, -0.05) is 13.8 Å². The number of rotatable bonds is 2. The van der Waals surface area contributed by atoms with Gasteiger partial charge in [-0.15, -0.1) is 0 Å². The van der Waals surface area contributed by atoms with Crippen molar-refractivity contribution in [3.8, 4) is 0 Å². The van der Waals surface area contributed by atoms with Crippen molar-refractivity contribution in [1.82, 2.24) is 9.78 Å². The van der Waals surface area contributed by atoms with Crippen LogP contribution in [-0.4, -0.2) is 21.5 Å². The minimum absolute atomic E-state index is 0.239. The third kappa shape index (κ3) is 1.19. The lowest BCUT2D eigenvalue weighted by atomic mass is 10.0. The van der Waals surface area contributed by atoms with Crippen LogP contribution in [0.2, 0.25) is 0 Å². The Hall–Kier alpha value is -0.830. The minimum Gasteiger partial charge on any atom is -0.396 e. The second kappa shape index (κ2) is 2.83. The fourth-order valence-electron chi connectivity index (χ4n) is 2.63. The molecule has 1 aromatic rings. The summed E-state index contributed by atoms with van der Waals surface area (Å²) in [5.41, 5.74) is 2.64. The van der Waals surface area contributed by atoms with Crippen molar-refractivity contribution in [2.24, 2.45) is 18.4 Å². The molecule has 2 rings (SSSR count). The van der Waals surface area contributed by atoms with E-state index < -0.39 is 0 Å². The van der Waals surface area contributed by atoms with Crippen LogP contribution in [0.25, 0.3) is 0 Å². The first-order valence-corrected chi connectivity index (χ1v) is 5.09. The maximum absolute atomic E-state index is 9.24. The van der Waals surface area contributed by atoms with Crippen molar-refractivity contribution in [3.63, 3.8) is 0 Å². The average molecular weight is 194 g/mol. The zero-order valence-corrected chi connectivity index (χ0v) is 9.28. The molecule has 0 bridgehead atoms. The highest BCUT2D eigenvalue weighted by molar-refractivity contribution is 5.32. The molecular weight excluding hydrogens is 176 g/mol. The van der Waals surface area contributed by atoms with Crippen LogP contribution < -0.4 is 0 Å². The third-order valence-corrected chi connectivity index (χ3v) is 3.63. The molecule has 2 atom stereocenters. The highest BCUT2D eigenvalue weighted by Crippen LogP contribution is 2.64. The fraction of sp³-hybridized carbons (Fsp3) is 0.727. The highest BCUT2D eigenvalue weighted by atomic mass is 16.3. The summed E-state index contributed by atoms with van der Waals surface area (Å²) < 4.78 is 1.85. The SMILES string of the molecule is Cc1nn(C)cc1C1C(CO)C1(C)C. The average Bonchev–Trinajstić information content (AvgIpc) is 2.46. The molecule has 1 N–H and O–H groups in total. The van der Waals surface area contributed by atoms with Gasteiger partial charge in [0.25, 0.3) is 0 Å². The molecule has 3 heteroatoms. The Morgan fingerprint density at radius 3 is 2.57 bits per heavy atom. The first-order chi connectivity index (χ1) is 6.48. The van der Waals surface area contributed by atoms with Gasteiger partial charge in [0.2, 0.25) is 0 Å². The smallest absolute Gasteiger partial charge is 0.0628 e. The van der Waals surface area contributed by atoms with Gasteiger partial charge in [0.1, 0.15) is 0 Å². The van der Waals surface area contributed by atoms with Gasteiger partial charge >= 0.3 is 0 Å². The van der Waals surface area contributed by atoms with E-state index in [1.54, 1.807) is 0 Å². The second-order valence-corrected chi connectivity index (χ2v) is 4.93. The van der Waals surface area contributed by atoms with Gasteiger partial charge in [-0.3, -0.25) is 4.68 Å². The molecule has 78 valence electrons. The maximum atomic E-state index is 9.24. The molecule has 1 saturated carbocycles. The summed E-state index contributed by atoms with van der Waals surface area (Å²) in [6.07, 6.45) is 2.08. The number of aryl methyl sites for hydroxylation is 2. The van der Waals surface area contributed by atoms with Crippen molar-refractivity contribution in [3.05, 3.63) is 17.5 Å². The molecule has 14 heavy (non-hydrogen) atoms. The first-order valence-electron chi connectivity index (χ1n) is 5.09. The van der Waals surface area contributed by atoms with Gasteiger partial charge in [-0.25, -0.2) is 0 Å². The third-order valence-electron chi connectivity index (χ3n) is 3.63. The Labute approximate surface area is 84.7 Å². The molecule has 0 aromatic carbocycles. The molecule has 0 spiro atoms. The van der Waals surface area contributed by atoms with E-state index in [0.717, 1.165) is 5.69 Å². The monoisotopic (exact) mass is 194 g/mol. The van der Waals surface area contributed by atoms with Gasteiger partial charge in [0.15, 0.2) is 0 Å². The molecule has 1 aromatic heterocycles. The summed E-state index contributed by atoms with van der Waals surface area (Å²) in [5, 5.41) is 13.6. The molecule has 1 aliphatic rings. The minimum atomic E-state index is 0.239. The molecule has 0 aliphatic heterocycles. The Morgan fingerprint density at radius 1 is 1.57 bits per heavy atom. The van der Waals surface area contributed by atoms with Gasteiger partial charge in [0, 0.05) is 19.9 Å². The van der Waals surface area contributed by atoms with Gasteiger partial charge < -0.3 is 5.11 Å². The van der Waals surface area contributed by atoms with Crippen LogP contribution in [-0.2, 0) is 7.05 Å². The molecule has 3 nitrogen and oxygen atoms in total. The number of aromatic nitrogens is 2. The Balaban J connectivity index is 2.30. The first kappa shape index (κ1) is 9.71. The number of nitrogens with zero attached hydrogens (tertiary/aromatic N) is 2. The number of hydrogen-bond acceptors (Lipinski definition) is 2. The molecular formula is C11H18N2O. The second-order valence-electron chi connectivity index (χ2n) is 4.93. The molecule has 0 radical (unpaired) electrons. The van der Waals surface area contributed by atoms with E-state index in [4.69, 9.17) is 0 Å². The molecule has 0 amide bonds. The predicted octanol–water partition coefficient (Wildman–Crippen LogP) is 1.46. The van der Waals surface area contributed by atoms with Crippen LogP contribution in [0.15, 0.2) is 6.20 Å². The van der Waals surface area contributed by atoms with E-state index in [9.17, 15) is 5.11 Å². The fourth-order valence-corrected chi connectivity index (χ4v) is 2.63. The number of aliphatic hydroxyl groups excluding tert-OH is 1. The van der Waals surface area contributed by atoms with E-state index in [1.165, 1.54) is 5.56 Å². The molecule has 0 saturated heterocycles. The van der Waals surface area contributed by atoms with Crippen LogP contribution >= 0.6 is 0 Å². The van der Waals surface area contributed by atoms with Crippen LogP contribution in [0.5, 0.6) is 0 Å². The maximum Gasteiger partial charge on any atom is 0.0628 e. The largest absolute Gasteiger partial charge is 0.396 e. The standard InChI is InChI=1S/C11H18N2O/c1-7-8(5-13(4)12-7)10-9(6-14)11(10,2)3/h5,9-10,14H,6H2,1-4H3. The lowest BCUT2D eigenvalue weighted by molar-refractivity contribution is 0.256. The summed E-state index contributed by atoms with van der Waals surface area (Å²) in [6.45, 7) is 6.75. The zero-order chi connectivity index (χ0) is 10.5. The van der Waals surface area contributed by atoms with Gasteiger partial charge in [-0.05, 0) is 29.7 Å². The summed E-state index contributed by atoms with van der Waals surface area (Å²) >= 11 is 0. The summed E-state index contributed by atoms with van der Waals surface area (Å²) in [6, 6.07) is 0. The normalized spacial score (nSPS) is 29.2. The van der Waals surface area contributed by atoms with E-state index in [0.29, 0.717) is 11.8 Å². The predicted molar refractivity (Wildman–Crippen MR) is 55.0 cm³/mol. The highest BCUT2D eigenvalue weighted by Gasteiger charge is 2.58. The van der Waals surface area contributed by atoms with E-state index in [2.05, 4.69) is 25.1 Å². The van der Waals surface area contributed by atoms with E-state index in [-0.39, 0.29) is 12.0 Å². The van der Waals surface area contributed by atoms with Gasteiger partial charge in [0.05, 0.1) is 5.69 Å². The summed E-state index contributed by atoms with van der Waals surface area (Å²) in [7, 11) is 1.94. The zero-order valence-electron chi connectivity index (χ0n) is 9.28. The van der Waals surface area contributed by atoms with E-state index in [1.807, 2.05) is 18.7 Å². The van der Waals surface area contributed by atoms with Crippen molar-refractivity contribution in [1.29, 1.82) is 0 Å². The van der Waals surface area contributed by atoms with E-state index >= 15 is 0 Å². The summed E-state index contributed by atoms with van der Waals surface area (Å²) in [5.74, 6) is 0.895. The quantitative estimate of drug-likeness (QED) is 0.774. The van der Waals surface area contributed by atoms with Crippen molar-refractivity contribution in [2.75, 3.05) is 6.61 Å². The van der Waals surface area contributed by atoms with Crippen molar-refractivity contribution >= 4 is 0 Å². The van der Waals surface area contributed by atoms with Gasteiger partial charge in [-0.2, -0.15) is 5.10 Å². The number of aliphatic hydroxyl groups is 1. The van der Waals surface area contributed by atoms with Crippen LogP contribution in [0, 0.1) is 18.3 Å². The Kier molecular flexibility index (Phi) is 1.96. The lowest BCUT2D eigenvalue weighted by Gasteiger charge is -2.00. The molecule has 1 heterocycles. The number of hydrogen-bond donors (Lipinski definition) is 1. The summed E-state index contributed by atoms with van der Waals surface area (Å²) in [4.78, 5) is 0. The topological polar surface area (TPSA) is 38.0 Å². The molecule has 1 aliphatic carbocycles.